The van der Waals surface area contributed by atoms with Crippen molar-refractivity contribution in [2.45, 2.75) is 0 Å². The number of rotatable bonds is 1. The third-order valence-corrected chi connectivity index (χ3v) is 1.51. The fraction of sp³-hybridized carbons (Fsp3) is 0. The Morgan fingerprint density at radius 3 is 2.00 bits per heavy atom. The predicted molar refractivity (Wildman–Crippen MR) is 46.4 cm³/mol. The number of nitrogens with two attached hydrogens (primary N) is 1. The number of hydrogen-bond donors (Lipinski definition) is 2. The zero-order valence-corrected chi connectivity index (χ0v) is 7.35. The fourth-order valence-electron chi connectivity index (χ4n) is 0.639. The Bertz CT molecular complexity index is 257. The van der Waals surface area contributed by atoms with Crippen LogP contribution in [0.5, 0.6) is 0 Å². The first-order valence-corrected chi connectivity index (χ1v) is 3.14. The van der Waals surface area contributed by atoms with E-state index in [2.05, 4.69) is 5.43 Å². The lowest BCUT2D eigenvalue weighted by Crippen LogP contribution is -2.07. The van der Waals surface area contributed by atoms with E-state index in [-0.39, 0.29) is 18.1 Å². The fourth-order valence-corrected chi connectivity index (χ4v) is 0.748. The molecule has 0 unspecified atom stereocenters. The third kappa shape index (κ3) is 2.20. The van der Waals surface area contributed by atoms with E-state index >= 15 is 0 Å². The third-order valence-electron chi connectivity index (χ3n) is 1.15. The van der Waals surface area contributed by atoms with Crippen molar-refractivity contribution in [3.8, 4) is 0 Å². The molecule has 0 atom stereocenters. The van der Waals surface area contributed by atoms with Crippen LogP contribution in [0.2, 0.25) is 5.02 Å². The molecule has 0 saturated carbocycles. The molecular weight excluding hydrogens is 209 g/mol. The quantitative estimate of drug-likeness (QED) is 0.428. The highest BCUT2D eigenvalue weighted by Gasteiger charge is 2.07. The van der Waals surface area contributed by atoms with Gasteiger partial charge in [-0.3, -0.25) is 5.84 Å². The highest BCUT2D eigenvalue weighted by atomic mass is 35.5. The molecule has 3 N–H and O–H groups in total. The molecule has 1 rings (SSSR count). The summed E-state index contributed by atoms with van der Waals surface area (Å²) in [5.41, 5.74) is 2.24. The molecule has 0 amide bonds. The Morgan fingerprint density at radius 2 is 1.67 bits per heavy atom. The number of hydrazine groups is 1. The molecule has 12 heavy (non-hydrogen) atoms. The van der Waals surface area contributed by atoms with Crippen molar-refractivity contribution in [2.24, 2.45) is 5.84 Å². The Labute approximate surface area is 79.1 Å². The molecule has 0 aliphatic heterocycles. The number of halogens is 4. The summed E-state index contributed by atoms with van der Waals surface area (Å²) in [6, 6.07) is 2.01. The molecule has 0 heterocycles. The van der Waals surface area contributed by atoms with Gasteiger partial charge in [0.2, 0.25) is 0 Å². The lowest BCUT2D eigenvalue weighted by molar-refractivity contribution is 0.585. The molecule has 1 aromatic carbocycles. The van der Waals surface area contributed by atoms with Crippen LogP contribution in [-0.2, 0) is 0 Å². The number of hydrogen-bond acceptors (Lipinski definition) is 2. The second-order valence-corrected chi connectivity index (χ2v) is 2.28. The Hall–Kier alpha value is -0.580. The normalized spacial score (nSPS) is 9.00. The minimum atomic E-state index is -0.834. The monoisotopic (exact) mass is 214 g/mol. The maximum atomic E-state index is 12.6. The van der Waals surface area contributed by atoms with E-state index in [9.17, 15) is 8.78 Å². The van der Waals surface area contributed by atoms with Gasteiger partial charge in [-0.2, -0.15) is 0 Å². The molecule has 0 aliphatic rings. The van der Waals surface area contributed by atoms with Crippen molar-refractivity contribution in [3.05, 3.63) is 28.8 Å². The van der Waals surface area contributed by atoms with Crippen LogP contribution >= 0.6 is 24.0 Å². The summed E-state index contributed by atoms with van der Waals surface area (Å²) in [5.74, 6) is 3.24. The Morgan fingerprint density at radius 1 is 1.25 bits per heavy atom. The van der Waals surface area contributed by atoms with Gasteiger partial charge in [0.25, 0.3) is 0 Å². The average molecular weight is 215 g/mol. The summed E-state index contributed by atoms with van der Waals surface area (Å²) in [6.07, 6.45) is 0. The largest absolute Gasteiger partial charge is 0.324 e. The number of anilines is 1. The molecule has 0 aliphatic carbocycles. The molecule has 0 saturated heterocycles. The lowest BCUT2D eigenvalue weighted by atomic mass is 10.3. The molecular formula is C6H6Cl2F2N2. The predicted octanol–water partition coefficient (Wildman–Crippen LogP) is 2.33. The van der Waals surface area contributed by atoms with E-state index < -0.39 is 16.7 Å². The molecule has 1 aromatic rings. The van der Waals surface area contributed by atoms with E-state index in [1.807, 2.05) is 0 Å². The van der Waals surface area contributed by atoms with Crippen LogP contribution in [0.1, 0.15) is 0 Å². The first-order valence-electron chi connectivity index (χ1n) is 2.76. The summed E-state index contributed by atoms with van der Waals surface area (Å²) in [4.78, 5) is 0. The van der Waals surface area contributed by atoms with Crippen LogP contribution in [0, 0.1) is 11.6 Å². The van der Waals surface area contributed by atoms with E-state index in [1.165, 1.54) is 0 Å². The van der Waals surface area contributed by atoms with Crippen molar-refractivity contribution >= 4 is 29.7 Å². The summed E-state index contributed by atoms with van der Waals surface area (Å²) < 4.78 is 25.1. The van der Waals surface area contributed by atoms with Gasteiger partial charge < -0.3 is 5.43 Å². The summed E-state index contributed by atoms with van der Waals surface area (Å²) in [5, 5.41) is -0.524. The van der Waals surface area contributed by atoms with Gasteiger partial charge >= 0.3 is 0 Å². The second-order valence-electron chi connectivity index (χ2n) is 1.90. The standard InChI is InChI=1S/C6H5ClF2N2.ClH/c7-6-4(8)1-3(11-10)2-5(6)9;/h1-2,11H,10H2;1H. The maximum Gasteiger partial charge on any atom is 0.146 e. The van der Waals surface area contributed by atoms with Gasteiger partial charge in [-0.25, -0.2) is 8.78 Å². The molecule has 0 bridgehead atoms. The van der Waals surface area contributed by atoms with Crippen molar-refractivity contribution in [1.29, 1.82) is 0 Å². The number of nitrogen functional groups attached to an aromatic ring is 1. The van der Waals surface area contributed by atoms with E-state index in [0.29, 0.717) is 0 Å². The Balaban J connectivity index is 0.00000121. The minimum Gasteiger partial charge on any atom is -0.324 e. The first kappa shape index (κ1) is 11.4. The summed E-state index contributed by atoms with van der Waals surface area (Å²) in [7, 11) is 0. The molecule has 0 aromatic heterocycles. The van der Waals surface area contributed by atoms with Gasteiger partial charge in [-0.15, -0.1) is 12.4 Å². The topological polar surface area (TPSA) is 38.0 Å². The van der Waals surface area contributed by atoms with Crippen molar-refractivity contribution in [3.63, 3.8) is 0 Å². The zero-order chi connectivity index (χ0) is 8.43. The van der Waals surface area contributed by atoms with Gasteiger partial charge in [-0.1, -0.05) is 11.6 Å². The first-order chi connectivity index (χ1) is 5.15. The van der Waals surface area contributed by atoms with Gasteiger partial charge in [0.15, 0.2) is 0 Å². The van der Waals surface area contributed by atoms with Crippen LogP contribution in [0.25, 0.3) is 0 Å². The summed E-state index contributed by atoms with van der Waals surface area (Å²) >= 11 is 5.19. The number of benzene rings is 1. The molecule has 0 spiro atoms. The van der Waals surface area contributed by atoms with Crippen LogP contribution in [0.4, 0.5) is 14.5 Å². The Kier molecular flexibility index (Phi) is 4.23. The van der Waals surface area contributed by atoms with Crippen LogP contribution in [0.15, 0.2) is 12.1 Å². The molecule has 2 nitrogen and oxygen atoms in total. The van der Waals surface area contributed by atoms with Crippen LogP contribution < -0.4 is 11.3 Å². The molecule has 6 heteroatoms. The maximum absolute atomic E-state index is 12.6. The highest BCUT2D eigenvalue weighted by molar-refractivity contribution is 6.30. The van der Waals surface area contributed by atoms with E-state index in [4.69, 9.17) is 17.4 Å². The van der Waals surface area contributed by atoms with Crippen LogP contribution in [0.3, 0.4) is 0 Å². The minimum absolute atomic E-state index is 0. The average Bonchev–Trinajstić information content (AvgIpc) is 1.99. The van der Waals surface area contributed by atoms with Gasteiger partial charge in [0, 0.05) is 12.1 Å². The SMILES string of the molecule is Cl.NNc1cc(F)c(Cl)c(F)c1. The summed E-state index contributed by atoms with van der Waals surface area (Å²) in [6.45, 7) is 0. The molecule has 0 fully saturated rings. The van der Waals surface area contributed by atoms with Crippen molar-refractivity contribution in [2.75, 3.05) is 5.43 Å². The van der Waals surface area contributed by atoms with Gasteiger partial charge in [0.1, 0.15) is 16.7 Å². The van der Waals surface area contributed by atoms with Crippen molar-refractivity contribution < 1.29 is 8.78 Å². The van der Waals surface area contributed by atoms with Gasteiger partial charge in [-0.05, 0) is 0 Å². The highest BCUT2D eigenvalue weighted by Crippen LogP contribution is 2.22. The van der Waals surface area contributed by atoms with Crippen LogP contribution in [-0.4, -0.2) is 0 Å². The number of nitrogens with one attached hydrogen (secondary N) is 1. The molecule has 68 valence electrons. The smallest absolute Gasteiger partial charge is 0.146 e. The van der Waals surface area contributed by atoms with Gasteiger partial charge in [0.05, 0.1) is 5.69 Å². The molecule has 0 radical (unpaired) electrons. The lowest BCUT2D eigenvalue weighted by Gasteiger charge is -2.01. The van der Waals surface area contributed by atoms with Crippen molar-refractivity contribution in [1.82, 2.24) is 0 Å². The zero-order valence-electron chi connectivity index (χ0n) is 5.77. The van der Waals surface area contributed by atoms with E-state index in [1.54, 1.807) is 0 Å². The van der Waals surface area contributed by atoms with E-state index in [0.717, 1.165) is 12.1 Å². The second kappa shape index (κ2) is 4.45.